The van der Waals surface area contributed by atoms with Gasteiger partial charge in [-0.15, -0.1) is 0 Å². The van der Waals surface area contributed by atoms with Gasteiger partial charge < -0.3 is 4.90 Å². The van der Waals surface area contributed by atoms with Crippen molar-refractivity contribution >= 4 is 49.5 Å². The SMILES string of the molecule is c1ccc(-c2nc(-c3ccccc3)nc(-c3ccc4ccc5c(-c6cccc(N(c7ccccc7)c7ccccc7)c6)nc6ccccc6c5c4c3)n2)cc1. The quantitative estimate of drug-likeness (QED) is 0.155. The molecule has 0 unspecified atom stereocenters. The van der Waals surface area contributed by atoms with Gasteiger partial charge in [-0.05, 0) is 59.3 Å². The Labute approximate surface area is 318 Å². The van der Waals surface area contributed by atoms with Crippen LogP contribution in [0, 0.1) is 0 Å². The van der Waals surface area contributed by atoms with E-state index in [1.807, 2.05) is 60.7 Å². The zero-order valence-corrected chi connectivity index (χ0v) is 29.8. The van der Waals surface area contributed by atoms with E-state index in [2.05, 4.69) is 144 Å². The lowest BCUT2D eigenvalue weighted by Crippen LogP contribution is -2.09. The molecule has 0 saturated carbocycles. The first-order valence-electron chi connectivity index (χ1n) is 18.4. The largest absolute Gasteiger partial charge is 0.310 e. The number of aromatic nitrogens is 4. The average molecular weight is 704 g/mol. The van der Waals surface area contributed by atoms with E-state index in [1.54, 1.807) is 0 Å². The smallest absolute Gasteiger partial charge is 0.164 e. The molecular formula is C50H33N5. The van der Waals surface area contributed by atoms with Crippen LogP contribution in [-0.4, -0.2) is 19.9 Å². The van der Waals surface area contributed by atoms with Gasteiger partial charge in [-0.1, -0.05) is 152 Å². The number of fused-ring (bicyclic) bond motifs is 5. The van der Waals surface area contributed by atoms with E-state index < -0.39 is 0 Å². The van der Waals surface area contributed by atoms with E-state index >= 15 is 0 Å². The molecule has 5 nitrogen and oxygen atoms in total. The lowest BCUT2D eigenvalue weighted by molar-refractivity contribution is 1.07. The minimum absolute atomic E-state index is 0.625. The Kier molecular flexibility index (Phi) is 8.08. The maximum atomic E-state index is 5.35. The molecule has 258 valence electrons. The molecule has 0 fully saturated rings. The number of hydrogen-bond acceptors (Lipinski definition) is 5. The maximum absolute atomic E-state index is 5.35. The zero-order chi connectivity index (χ0) is 36.6. The van der Waals surface area contributed by atoms with Crippen LogP contribution in [0.25, 0.3) is 77.9 Å². The Morgan fingerprint density at radius 1 is 0.309 bits per heavy atom. The van der Waals surface area contributed by atoms with Crippen molar-refractivity contribution in [2.75, 3.05) is 4.90 Å². The van der Waals surface area contributed by atoms with E-state index in [0.29, 0.717) is 17.5 Å². The van der Waals surface area contributed by atoms with Crippen molar-refractivity contribution in [3.8, 4) is 45.4 Å². The van der Waals surface area contributed by atoms with Gasteiger partial charge in [0.1, 0.15) is 0 Å². The molecule has 2 heterocycles. The molecule has 8 aromatic carbocycles. The van der Waals surface area contributed by atoms with Crippen LogP contribution in [-0.2, 0) is 0 Å². The fraction of sp³-hybridized carbons (Fsp3) is 0. The molecule has 55 heavy (non-hydrogen) atoms. The van der Waals surface area contributed by atoms with Crippen LogP contribution in [0.5, 0.6) is 0 Å². The Morgan fingerprint density at radius 3 is 1.45 bits per heavy atom. The second-order valence-corrected chi connectivity index (χ2v) is 13.5. The van der Waals surface area contributed by atoms with E-state index in [-0.39, 0.29) is 0 Å². The third kappa shape index (κ3) is 6.04. The minimum atomic E-state index is 0.625. The summed E-state index contributed by atoms with van der Waals surface area (Å²) in [5, 5.41) is 5.57. The molecule has 0 aliphatic carbocycles. The highest BCUT2D eigenvalue weighted by molar-refractivity contribution is 6.22. The minimum Gasteiger partial charge on any atom is -0.310 e. The van der Waals surface area contributed by atoms with Gasteiger partial charge in [0, 0.05) is 55.5 Å². The number of para-hydroxylation sites is 3. The van der Waals surface area contributed by atoms with Crippen molar-refractivity contribution in [3.63, 3.8) is 0 Å². The van der Waals surface area contributed by atoms with Crippen molar-refractivity contribution in [3.05, 3.63) is 200 Å². The van der Waals surface area contributed by atoms with Crippen molar-refractivity contribution in [2.45, 2.75) is 0 Å². The molecule has 0 amide bonds. The third-order valence-electron chi connectivity index (χ3n) is 10.0. The van der Waals surface area contributed by atoms with Crippen molar-refractivity contribution in [1.82, 2.24) is 19.9 Å². The predicted molar refractivity (Wildman–Crippen MR) is 227 cm³/mol. The van der Waals surface area contributed by atoms with Gasteiger partial charge in [-0.2, -0.15) is 0 Å². The van der Waals surface area contributed by atoms with Gasteiger partial charge in [0.15, 0.2) is 17.5 Å². The highest BCUT2D eigenvalue weighted by Crippen LogP contribution is 2.41. The van der Waals surface area contributed by atoms with Crippen molar-refractivity contribution < 1.29 is 0 Å². The summed E-state index contributed by atoms with van der Waals surface area (Å²) in [6.45, 7) is 0. The Bertz CT molecular complexity index is 2870. The molecule has 0 spiro atoms. The summed E-state index contributed by atoms with van der Waals surface area (Å²) in [6, 6.07) is 69.3. The fourth-order valence-electron chi connectivity index (χ4n) is 7.46. The summed E-state index contributed by atoms with van der Waals surface area (Å²) in [4.78, 5) is 22.7. The van der Waals surface area contributed by atoms with Crippen molar-refractivity contribution in [1.29, 1.82) is 0 Å². The van der Waals surface area contributed by atoms with Crippen LogP contribution < -0.4 is 4.90 Å². The van der Waals surface area contributed by atoms with Gasteiger partial charge in [0.2, 0.25) is 0 Å². The number of rotatable bonds is 7. The number of hydrogen-bond donors (Lipinski definition) is 0. The second-order valence-electron chi connectivity index (χ2n) is 13.5. The van der Waals surface area contributed by atoms with Crippen molar-refractivity contribution in [2.24, 2.45) is 0 Å². The topological polar surface area (TPSA) is 54.8 Å². The zero-order valence-electron chi connectivity index (χ0n) is 29.8. The summed E-state index contributed by atoms with van der Waals surface area (Å²) in [5.41, 5.74) is 8.94. The van der Waals surface area contributed by atoms with Gasteiger partial charge in [0.05, 0.1) is 11.2 Å². The van der Waals surface area contributed by atoms with E-state index in [4.69, 9.17) is 19.9 Å². The molecule has 2 aromatic heterocycles. The summed E-state index contributed by atoms with van der Waals surface area (Å²) in [6.07, 6.45) is 0. The fourth-order valence-corrected chi connectivity index (χ4v) is 7.46. The molecule has 0 aliphatic heterocycles. The van der Waals surface area contributed by atoms with Crippen LogP contribution >= 0.6 is 0 Å². The molecule has 0 N–H and O–H groups in total. The summed E-state index contributed by atoms with van der Waals surface area (Å²) < 4.78 is 0. The predicted octanol–water partition coefficient (Wildman–Crippen LogP) is 12.9. The summed E-state index contributed by atoms with van der Waals surface area (Å²) in [5.74, 6) is 1.90. The van der Waals surface area contributed by atoms with Crippen LogP contribution in [0.3, 0.4) is 0 Å². The maximum Gasteiger partial charge on any atom is 0.164 e. The number of nitrogens with zero attached hydrogens (tertiary/aromatic N) is 5. The molecule has 0 saturated heterocycles. The Hall–Kier alpha value is -7.50. The second kappa shape index (κ2) is 13.8. The third-order valence-corrected chi connectivity index (χ3v) is 10.0. The lowest BCUT2D eigenvalue weighted by Gasteiger charge is -2.26. The molecular weight excluding hydrogens is 671 g/mol. The van der Waals surface area contributed by atoms with Gasteiger partial charge in [-0.3, -0.25) is 0 Å². The van der Waals surface area contributed by atoms with Gasteiger partial charge in [-0.25, -0.2) is 19.9 Å². The Balaban J connectivity index is 1.18. The average Bonchev–Trinajstić information content (AvgIpc) is 3.27. The van der Waals surface area contributed by atoms with Crippen LogP contribution in [0.15, 0.2) is 200 Å². The molecule has 0 aliphatic rings. The highest BCUT2D eigenvalue weighted by atomic mass is 15.1. The van der Waals surface area contributed by atoms with Crippen LogP contribution in [0.1, 0.15) is 0 Å². The van der Waals surface area contributed by atoms with Gasteiger partial charge in [0.25, 0.3) is 0 Å². The number of pyridine rings is 1. The lowest BCUT2D eigenvalue weighted by atomic mass is 9.94. The summed E-state index contributed by atoms with van der Waals surface area (Å²) in [7, 11) is 0. The molecule has 0 radical (unpaired) electrons. The van der Waals surface area contributed by atoms with Gasteiger partial charge >= 0.3 is 0 Å². The monoisotopic (exact) mass is 703 g/mol. The number of benzene rings is 8. The summed E-state index contributed by atoms with van der Waals surface area (Å²) >= 11 is 0. The van der Waals surface area contributed by atoms with E-state index in [0.717, 1.165) is 77.5 Å². The molecule has 5 heteroatoms. The standard InChI is InChI=1S/C50H33N5/c1-5-16-35(17-6-1)48-52-49(36-18-7-2-8-19-36)54-50(53-48)38-29-28-34-30-31-43-46(44(34)33-38)42-26-13-14-27-45(42)51-47(43)37-20-15-25-41(32-37)55(39-21-9-3-10-22-39)40-23-11-4-12-24-40/h1-33H. The van der Waals surface area contributed by atoms with Crippen LogP contribution in [0.2, 0.25) is 0 Å². The van der Waals surface area contributed by atoms with E-state index in [9.17, 15) is 0 Å². The number of anilines is 3. The molecule has 0 atom stereocenters. The van der Waals surface area contributed by atoms with E-state index in [1.165, 1.54) is 0 Å². The molecule has 0 bridgehead atoms. The van der Waals surface area contributed by atoms with Crippen LogP contribution in [0.4, 0.5) is 17.1 Å². The first-order valence-corrected chi connectivity index (χ1v) is 18.4. The first kappa shape index (κ1) is 32.2. The highest BCUT2D eigenvalue weighted by Gasteiger charge is 2.18. The Morgan fingerprint density at radius 2 is 0.818 bits per heavy atom. The normalized spacial score (nSPS) is 11.3. The first-order chi connectivity index (χ1) is 27.3. The molecule has 10 aromatic rings. The molecule has 10 rings (SSSR count).